The number of hydrogen-bond acceptors (Lipinski definition) is 2. The molecule has 1 aromatic heterocycles. The van der Waals surface area contributed by atoms with Gasteiger partial charge in [0, 0.05) is 20.2 Å². The van der Waals surface area contributed by atoms with Crippen LogP contribution in [0, 0.1) is 5.92 Å². The van der Waals surface area contributed by atoms with Crippen molar-refractivity contribution >= 4 is 6.03 Å². The number of ether oxygens (including phenoxy) is 1. The first-order chi connectivity index (χ1) is 8.04. The molecule has 104 valence electrons. The number of carbonyl (C=O) groups excluding carboxylic acids is 1. The van der Waals surface area contributed by atoms with Gasteiger partial charge >= 0.3 is 6.03 Å². The van der Waals surface area contributed by atoms with Gasteiger partial charge in [0.05, 0.1) is 13.7 Å². The third kappa shape index (κ3) is 5.34. The predicted octanol–water partition coefficient (Wildman–Crippen LogP) is -2.11. The Morgan fingerprint density at radius 1 is 1.50 bits per heavy atom. The molecule has 1 heterocycles. The van der Waals surface area contributed by atoms with Crippen LogP contribution in [0.5, 0.6) is 0 Å². The Balaban J connectivity index is 0.00000289. The summed E-state index contributed by atoms with van der Waals surface area (Å²) in [6.07, 6.45) is 5.38. The van der Waals surface area contributed by atoms with E-state index in [9.17, 15) is 4.79 Å². The third-order valence-electron chi connectivity index (χ3n) is 2.41. The van der Waals surface area contributed by atoms with Crippen LogP contribution in [-0.4, -0.2) is 42.3 Å². The molecule has 0 saturated heterocycles. The highest BCUT2D eigenvalue weighted by Crippen LogP contribution is 2.02. The molecule has 0 spiro atoms. The fraction of sp³-hybridized carbons (Fsp3) is 0.667. The summed E-state index contributed by atoms with van der Waals surface area (Å²) >= 11 is 0. The highest BCUT2D eigenvalue weighted by molar-refractivity contribution is 5.76. The lowest BCUT2D eigenvalue weighted by Gasteiger charge is -2.21. The molecule has 0 radical (unpaired) electrons. The first-order valence-corrected chi connectivity index (χ1v) is 5.86. The van der Waals surface area contributed by atoms with E-state index in [2.05, 4.69) is 13.8 Å². The van der Waals surface area contributed by atoms with E-state index < -0.39 is 0 Å². The van der Waals surface area contributed by atoms with Crippen molar-refractivity contribution in [2.75, 3.05) is 26.8 Å². The Kier molecular flexibility index (Phi) is 8.17. The van der Waals surface area contributed by atoms with Crippen LogP contribution < -0.4 is 28.5 Å². The Bertz CT molecular complexity index is 366. The minimum atomic E-state index is -0.00338. The van der Waals surface area contributed by atoms with Gasteiger partial charge in [0.2, 0.25) is 0 Å². The average Bonchev–Trinajstić information content (AvgIpc) is 2.69. The van der Waals surface area contributed by atoms with Crippen molar-refractivity contribution < 1.29 is 38.1 Å². The minimum Gasteiger partial charge on any atom is -1.00 e. The Morgan fingerprint density at radius 2 is 2.17 bits per heavy atom. The first kappa shape index (κ1) is 17.4. The molecule has 0 atom stereocenters. The summed E-state index contributed by atoms with van der Waals surface area (Å²) in [6.45, 7) is 6.12. The Labute approximate surface area is 126 Å². The number of halogens is 1. The molecule has 0 aliphatic rings. The summed E-state index contributed by atoms with van der Waals surface area (Å²) in [4.78, 5) is 14.0. The van der Waals surface area contributed by atoms with Crippen molar-refractivity contribution in [1.82, 2.24) is 9.47 Å². The summed E-state index contributed by atoms with van der Waals surface area (Å²) in [6, 6.07) is -0.00338. The molecule has 0 aromatic carbocycles. The largest absolute Gasteiger partial charge is 1.00 e. The molecule has 18 heavy (non-hydrogen) atoms. The lowest BCUT2D eigenvalue weighted by atomic mass is 10.2. The smallest absolute Gasteiger partial charge is 0.415 e. The van der Waals surface area contributed by atoms with Gasteiger partial charge in [-0.2, -0.15) is 4.57 Å². The van der Waals surface area contributed by atoms with E-state index in [-0.39, 0.29) is 30.0 Å². The van der Waals surface area contributed by atoms with Crippen molar-refractivity contribution in [2.24, 2.45) is 13.0 Å². The molecule has 0 fully saturated rings. The first-order valence-electron chi connectivity index (χ1n) is 5.86. The number of carbonyl (C=O) groups is 1. The number of nitrogens with zero attached hydrogens (tertiary/aromatic N) is 3. The molecule has 1 amide bonds. The van der Waals surface area contributed by atoms with Gasteiger partial charge in [-0.15, -0.1) is 0 Å². The topological polar surface area (TPSA) is 38.4 Å². The highest BCUT2D eigenvalue weighted by Gasteiger charge is 2.21. The maximum Gasteiger partial charge on any atom is 0.415 e. The van der Waals surface area contributed by atoms with Crippen LogP contribution in [0.3, 0.4) is 0 Å². The van der Waals surface area contributed by atoms with Gasteiger partial charge in [0.15, 0.2) is 0 Å². The van der Waals surface area contributed by atoms with Gasteiger partial charge in [-0.05, 0) is 5.92 Å². The SMILES string of the molecule is COCCN(CC(C)C)C(=O)n1cc[n+](C)c1.[I-]. The maximum absolute atomic E-state index is 12.2. The Morgan fingerprint density at radius 3 is 2.61 bits per heavy atom. The van der Waals surface area contributed by atoms with Gasteiger partial charge in [-0.25, -0.2) is 9.36 Å². The van der Waals surface area contributed by atoms with Crippen molar-refractivity contribution in [1.29, 1.82) is 0 Å². The summed E-state index contributed by atoms with van der Waals surface area (Å²) in [5.74, 6) is 0.445. The molecule has 6 heteroatoms. The third-order valence-corrected chi connectivity index (χ3v) is 2.41. The molecular formula is C12H22IN3O2. The lowest BCUT2D eigenvalue weighted by molar-refractivity contribution is -0.670. The zero-order chi connectivity index (χ0) is 12.8. The van der Waals surface area contributed by atoms with E-state index in [1.807, 2.05) is 22.7 Å². The standard InChI is InChI=1S/C12H22N3O2.HI/c1-11(2)9-14(7-8-17-4)12(16)15-6-5-13(3)10-15;/h5-6,10-11H,7-9H2,1-4H3;1H/q+1;/p-1. The molecule has 0 aliphatic heterocycles. The molecule has 0 aliphatic carbocycles. The van der Waals surface area contributed by atoms with E-state index in [1.165, 1.54) is 0 Å². The quantitative estimate of drug-likeness (QED) is 0.442. The van der Waals surface area contributed by atoms with Crippen LogP contribution in [0.4, 0.5) is 4.79 Å². The second kappa shape index (κ2) is 8.47. The Hall–Kier alpha value is -0.630. The monoisotopic (exact) mass is 367 g/mol. The zero-order valence-corrected chi connectivity index (χ0v) is 13.6. The highest BCUT2D eigenvalue weighted by atomic mass is 127. The van der Waals surface area contributed by atoms with Crippen LogP contribution in [0.2, 0.25) is 0 Å². The van der Waals surface area contributed by atoms with Crippen molar-refractivity contribution in [2.45, 2.75) is 13.8 Å². The summed E-state index contributed by atoms with van der Waals surface area (Å²) in [5, 5.41) is 0. The van der Waals surface area contributed by atoms with Gasteiger partial charge in [0.25, 0.3) is 6.33 Å². The number of amides is 1. The molecule has 1 rings (SSSR count). The van der Waals surface area contributed by atoms with E-state index in [4.69, 9.17) is 4.74 Å². The number of imidazole rings is 1. The fourth-order valence-corrected chi connectivity index (χ4v) is 1.63. The van der Waals surface area contributed by atoms with Crippen molar-refractivity contribution in [3.05, 3.63) is 18.7 Å². The average molecular weight is 367 g/mol. The minimum absolute atomic E-state index is 0. The number of hydrogen-bond donors (Lipinski definition) is 0. The normalized spacial score (nSPS) is 10.3. The summed E-state index contributed by atoms with van der Waals surface area (Å²) < 4.78 is 8.48. The van der Waals surface area contributed by atoms with Crippen LogP contribution in [0.15, 0.2) is 18.7 Å². The molecule has 0 bridgehead atoms. The van der Waals surface area contributed by atoms with E-state index >= 15 is 0 Å². The molecule has 5 nitrogen and oxygen atoms in total. The fourth-order valence-electron chi connectivity index (χ4n) is 1.63. The van der Waals surface area contributed by atoms with Crippen molar-refractivity contribution in [3.63, 3.8) is 0 Å². The predicted molar refractivity (Wildman–Crippen MR) is 64.7 cm³/mol. The van der Waals surface area contributed by atoms with Gasteiger partial charge in [0.1, 0.15) is 12.4 Å². The van der Waals surface area contributed by atoms with Gasteiger partial charge < -0.3 is 33.6 Å². The lowest BCUT2D eigenvalue weighted by Crippen LogP contribution is -3.00. The summed E-state index contributed by atoms with van der Waals surface area (Å²) in [7, 11) is 3.54. The zero-order valence-electron chi connectivity index (χ0n) is 11.5. The number of aryl methyl sites for hydroxylation is 1. The molecule has 0 unspecified atom stereocenters. The second-order valence-electron chi connectivity index (χ2n) is 4.60. The van der Waals surface area contributed by atoms with E-state index in [0.717, 1.165) is 6.54 Å². The molecule has 0 saturated carbocycles. The number of rotatable bonds is 5. The molecule has 1 aromatic rings. The molecule has 0 N–H and O–H groups in total. The van der Waals surface area contributed by atoms with Gasteiger partial charge in [-0.3, -0.25) is 0 Å². The maximum atomic E-state index is 12.2. The van der Waals surface area contributed by atoms with Crippen LogP contribution in [-0.2, 0) is 11.8 Å². The van der Waals surface area contributed by atoms with E-state index in [0.29, 0.717) is 19.1 Å². The van der Waals surface area contributed by atoms with Crippen LogP contribution >= 0.6 is 0 Å². The van der Waals surface area contributed by atoms with Crippen LogP contribution in [0.1, 0.15) is 13.8 Å². The summed E-state index contributed by atoms with van der Waals surface area (Å²) in [5.41, 5.74) is 0. The number of aromatic nitrogens is 2. The number of methoxy groups -OCH3 is 1. The van der Waals surface area contributed by atoms with Gasteiger partial charge in [-0.1, -0.05) is 13.8 Å². The van der Waals surface area contributed by atoms with Crippen molar-refractivity contribution in [3.8, 4) is 0 Å². The van der Waals surface area contributed by atoms with Crippen LogP contribution in [0.25, 0.3) is 0 Å². The molecular weight excluding hydrogens is 345 g/mol. The second-order valence-corrected chi connectivity index (χ2v) is 4.60. The van der Waals surface area contributed by atoms with E-state index in [1.54, 1.807) is 24.2 Å².